The van der Waals surface area contributed by atoms with E-state index in [1.807, 2.05) is 44.4 Å². The van der Waals surface area contributed by atoms with Gasteiger partial charge in [0.25, 0.3) is 11.8 Å². The number of nitrogens with zero attached hydrogens (tertiary/aromatic N) is 10. The van der Waals surface area contributed by atoms with Crippen LogP contribution in [0.2, 0.25) is 0 Å². The van der Waals surface area contributed by atoms with Crippen LogP contribution in [0, 0.1) is 31.6 Å². The van der Waals surface area contributed by atoms with Crippen LogP contribution >= 0.6 is 0 Å². The minimum absolute atomic E-state index is 0.179. The summed E-state index contributed by atoms with van der Waals surface area (Å²) in [5.74, 6) is 1.76. The van der Waals surface area contributed by atoms with E-state index in [9.17, 15) is 19.2 Å². The number of nitrogens with one attached hydrogen (secondary N) is 2. The van der Waals surface area contributed by atoms with Crippen LogP contribution in [0.1, 0.15) is 125 Å². The third kappa shape index (κ3) is 11.1. The van der Waals surface area contributed by atoms with Crippen LogP contribution in [0.3, 0.4) is 0 Å². The molecule has 394 valence electrons. The van der Waals surface area contributed by atoms with E-state index in [4.69, 9.17) is 30.9 Å². The smallest absolute Gasteiger partial charge is 0.276 e. The fourth-order valence-electron chi connectivity index (χ4n) is 11.8. The number of rotatable bonds is 20. The Kier molecular flexibility index (Phi) is 15.8. The molecule has 4 amide bonds. The Hall–Kier alpha value is -7.06. The number of piperazine rings is 1. The van der Waals surface area contributed by atoms with Gasteiger partial charge in [0.1, 0.15) is 33.9 Å². The average Bonchev–Trinajstić information content (AvgIpc) is 4.24. The summed E-state index contributed by atoms with van der Waals surface area (Å²) < 4.78 is 19.2. The van der Waals surface area contributed by atoms with Gasteiger partial charge in [0.05, 0.1) is 36.1 Å². The number of ether oxygens (including phenoxy) is 2. The number of hydrogen-bond acceptors (Lipinski definition) is 12. The molecular weight excluding hydrogens is 941 g/mol. The summed E-state index contributed by atoms with van der Waals surface area (Å²) in [4.78, 5) is 67.8. The zero-order valence-electron chi connectivity index (χ0n) is 43.7. The fraction of sp³-hybridized carbons (Fsp3) is 0.519. The number of methoxy groups -OCH3 is 1. The number of primary amides is 2. The molecule has 0 spiro atoms. The number of carbonyl (C=O) groups is 4. The van der Waals surface area contributed by atoms with Gasteiger partial charge in [-0.2, -0.15) is 10.2 Å². The van der Waals surface area contributed by atoms with Gasteiger partial charge in [-0.15, -0.1) is 0 Å². The first-order chi connectivity index (χ1) is 35.7. The van der Waals surface area contributed by atoms with E-state index in [2.05, 4.69) is 37.6 Å². The molecule has 1 saturated heterocycles. The normalized spacial score (nSPS) is 19.7. The van der Waals surface area contributed by atoms with Crippen molar-refractivity contribution in [1.29, 1.82) is 0 Å². The van der Waals surface area contributed by atoms with Crippen LogP contribution in [0.15, 0.2) is 48.6 Å². The van der Waals surface area contributed by atoms with Gasteiger partial charge in [0.15, 0.2) is 0 Å². The van der Waals surface area contributed by atoms with Crippen molar-refractivity contribution < 1.29 is 28.7 Å². The fourth-order valence-corrected chi connectivity index (χ4v) is 11.8. The van der Waals surface area contributed by atoms with Crippen molar-refractivity contribution in [3.63, 3.8) is 0 Å². The number of imidazole rings is 2. The molecule has 74 heavy (non-hydrogen) atoms. The van der Waals surface area contributed by atoms with E-state index < -0.39 is 23.6 Å². The van der Waals surface area contributed by atoms with Crippen molar-refractivity contribution in [3.8, 4) is 11.5 Å². The number of aromatic nitrogens is 8. The maximum Gasteiger partial charge on any atom is 0.276 e. The summed E-state index contributed by atoms with van der Waals surface area (Å²) in [6.07, 6.45) is 14.2. The SMILES string of the molecule is CCn1nc(C)cc1C(=O)Nc1nc2cc(C(N)=O)cc(OC)c2n1C/C=C/Cn1c(NC(=O)c2cc(C)nn2CC)nc2cc(C(N)=O)cc(OCCCN3CCN(C4CCC(C5CCCC5C)CC4)CC3)c21. The highest BCUT2D eigenvalue weighted by Gasteiger charge is 2.35. The zero-order chi connectivity index (χ0) is 52.2. The van der Waals surface area contributed by atoms with E-state index >= 15 is 0 Å². The number of amides is 4. The van der Waals surface area contributed by atoms with Crippen molar-refractivity contribution in [2.24, 2.45) is 29.2 Å². The van der Waals surface area contributed by atoms with Gasteiger partial charge in [0.2, 0.25) is 23.7 Å². The summed E-state index contributed by atoms with van der Waals surface area (Å²) >= 11 is 0. The molecule has 20 nitrogen and oxygen atoms in total. The molecule has 0 radical (unpaired) electrons. The molecule has 6 aromatic rings. The zero-order valence-corrected chi connectivity index (χ0v) is 43.7. The summed E-state index contributed by atoms with van der Waals surface area (Å²) in [5, 5.41) is 14.9. The molecule has 6 N–H and O–H groups in total. The van der Waals surface area contributed by atoms with E-state index in [1.165, 1.54) is 58.1 Å². The second-order valence-electron chi connectivity index (χ2n) is 20.3. The van der Waals surface area contributed by atoms with Crippen LogP contribution in [-0.4, -0.2) is 125 Å². The first-order valence-corrected chi connectivity index (χ1v) is 26.4. The summed E-state index contributed by atoms with van der Waals surface area (Å²) in [7, 11) is 1.48. The van der Waals surface area contributed by atoms with Crippen LogP contribution in [-0.2, 0) is 26.2 Å². The number of aryl methyl sites for hydroxylation is 4. The van der Waals surface area contributed by atoms with E-state index in [0.717, 1.165) is 56.9 Å². The van der Waals surface area contributed by atoms with Crippen LogP contribution in [0.5, 0.6) is 11.5 Å². The number of fused-ring (bicyclic) bond motifs is 2. The molecule has 2 unspecified atom stereocenters. The van der Waals surface area contributed by atoms with Gasteiger partial charge in [-0.05, 0) is 120 Å². The highest BCUT2D eigenvalue weighted by Crippen LogP contribution is 2.43. The molecule has 2 atom stereocenters. The lowest BCUT2D eigenvalue weighted by atomic mass is 9.74. The number of nitrogens with two attached hydrogens (primary N) is 2. The third-order valence-electron chi connectivity index (χ3n) is 15.5. The highest BCUT2D eigenvalue weighted by atomic mass is 16.5. The molecule has 1 aliphatic heterocycles. The molecule has 0 bridgehead atoms. The lowest BCUT2D eigenvalue weighted by Crippen LogP contribution is -2.51. The maximum absolute atomic E-state index is 14.0. The van der Waals surface area contributed by atoms with Crippen molar-refractivity contribution in [2.75, 3.05) is 57.1 Å². The molecular formula is C54H72N14O6. The predicted molar refractivity (Wildman–Crippen MR) is 284 cm³/mol. The molecule has 3 fully saturated rings. The van der Waals surface area contributed by atoms with Gasteiger partial charge in [0, 0.05) is 76.1 Å². The van der Waals surface area contributed by atoms with E-state index in [0.29, 0.717) is 82.1 Å². The van der Waals surface area contributed by atoms with Crippen LogP contribution in [0.4, 0.5) is 11.9 Å². The van der Waals surface area contributed by atoms with Gasteiger partial charge in [-0.25, -0.2) is 9.97 Å². The quantitative estimate of drug-likeness (QED) is 0.0457. The first kappa shape index (κ1) is 51.8. The average molecular weight is 1010 g/mol. The maximum atomic E-state index is 14.0. The van der Waals surface area contributed by atoms with Gasteiger partial charge >= 0.3 is 0 Å². The van der Waals surface area contributed by atoms with Crippen molar-refractivity contribution in [3.05, 3.63) is 82.5 Å². The molecule has 3 aliphatic rings. The molecule has 2 aliphatic carbocycles. The monoisotopic (exact) mass is 1010 g/mol. The topological polar surface area (TPSA) is 241 Å². The number of carbonyl (C=O) groups excluding carboxylic acids is 4. The number of hydrogen-bond donors (Lipinski definition) is 4. The van der Waals surface area contributed by atoms with Crippen molar-refractivity contribution >= 4 is 57.6 Å². The number of allylic oxidation sites excluding steroid dienone is 2. The molecule has 4 aromatic heterocycles. The minimum Gasteiger partial charge on any atom is -0.494 e. The Balaban J connectivity index is 0.952. The lowest BCUT2D eigenvalue weighted by Gasteiger charge is -2.43. The minimum atomic E-state index is -0.659. The van der Waals surface area contributed by atoms with E-state index in [-0.39, 0.29) is 36.1 Å². The van der Waals surface area contributed by atoms with Crippen LogP contribution in [0.25, 0.3) is 22.1 Å². The standard InChI is InChI=1S/C54H72N14O6/c1-7-67-43(27-34(4)61-67)51(71)59-53-57-41-29-37(49(55)69)31-45(73-6)47(41)65(53)20-9-10-21-66-48-42(58-54(66)60-52(72)44-28-35(5)62-68(44)8-2)30-38(50(56)70)32-46(48)74-26-12-19-63-22-24-64(25-23-63)39-17-15-36(16-18-39)40-14-11-13-33(40)3/h9-10,27-33,36,39-40H,7-8,11-26H2,1-6H3,(H2,55,69)(H2,56,70)(H,57,59,71)(H,58,60,72)/b10-9+. The third-order valence-corrected chi connectivity index (χ3v) is 15.5. The molecule has 5 heterocycles. The van der Waals surface area contributed by atoms with Gasteiger partial charge in [-0.3, -0.25) is 44.1 Å². The summed E-state index contributed by atoms with van der Waals surface area (Å²) in [6, 6.07) is 10.5. The Morgan fingerprint density at radius 3 is 1.72 bits per heavy atom. The first-order valence-electron chi connectivity index (χ1n) is 26.4. The van der Waals surface area contributed by atoms with Crippen molar-refractivity contribution in [2.45, 2.75) is 118 Å². The predicted octanol–water partition coefficient (Wildman–Crippen LogP) is 6.78. The molecule has 2 aromatic carbocycles. The van der Waals surface area contributed by atoms with E-state index in [1.54, 1.807) is 44.3 Å². The highest BCUT2D eigenvalue weighted by molar-refractivity contribution is 6.05. The molecule has 2 saturated carbocycles. The van der Waals surface area contributed by atoms with Crippen LogP contribution < -0.4 is 31.6 Å². The largest absolute Gasteiger partial charge is 0.494 e. The second kappa shape index (κ2) is 22.6. The second-order valence-corrected chi connectivity index (χ2v) is 20.3. The molecule has 9 rings (SSSR count). The number of anilines is 2. The Morgan fingerprint density at radius 1 is 0.703 bits per heavy atom. The summed E-state index contributed by atoms with van der Waals surface area (Å²) in [5.41, 5.74) is 16.0. The Labute approximate surface area is 431 Å². The van der Waals surface area contributed by atoms with Gasteiger partial charge < -0.3 is 35.0 Å². The van der Waals surface area contributed by atoms with Gasteiger partial charge in [-0.1, -0.05) is 31.9 Å². The lowest BCUT2D eigenvalue weighted by molar-refractivity contribution is 0.0586. The Bertz CT molecular complexity index is 3060. The summed E-state index contributed by atoms with van der Waals surface area (Å²) in [6.45, 7) is 16.7. The number of benzene rings is 2. The molecule has 20 heteroatoms. The van der Waals surface area contributed by atoms with Crippen molar-refractivity contribution in [1.82, 2.24) is 48.5 Å². The Morgan fingerprint density at radius 2 is 1.23 bits per heavy atom.